The van der Waals surface area contributed by atoms with E-state index in [0.29, 0.717) is 11.3 Å². The molecule has 1 heterocycles. The maximum atomic E-state index is 12.0. The number of hydrogen-bond donors (Lipinski definition) is 0. The first-order valence-corrected chi connectivity index (χ1v) is 6.40. The summed E-state index contributed by atoms with van der Waals surface area (Å²) in [6, 6.07) is 8.34. The van der Waals surface area contributed by atoms with Crippen LogP contribution in [0.15, 0.2) is 39.9 Å². The quantitative estimate of drug-likeness (QED) is 0.781. The molecule has 0 bridgehead atoms. The molecule has 0 radical (unpaired) electrons. The molecule has 0 saturated heterocycles. The van der Waals surface area contributed by atoms with Crippen LogP contribution in [0.4, 0.5) is 0 Å². The molecule has 0 aliphatic carbocycles. The topological polar surface area (TPSA) is 70.3 Å². The van der Waals surface area contributed by atoms with Crippen LogP contribution >= 0.6 is 0 Å². The first-order chi connectivity index (χ1) is 9.91. The minimum atomic E-state index is -0.485. The Labute approximate surface area is 121 Å². The van der Waals surface area contributed by atoms with Crippen LogP contribution in [-0.4, -0.2) is 15.1 Å². The third-order valence-electron chi connectivity index (χ3n) is 3.34. The van der Waals surface area contributed by atoms with Gasteiger partial charge in [-0.2, -0.15) is 0 Å². The minimum Gasteiger partial charge on any atom is -0.456 e. The second-order valence-electron chi connectivity index (χ2n) is 4.77. The molecule has 110 valence electrons. The number of rotatable bonds is 3. The number of hydrogen-bond acceptors (Lipinski definition) is 4. The largest absolute Gasteiger partial charge is 0.456 e. The lowest BCUT2D eigenvalue weighted by Gasteiger charge is -2.10. The van der Waals surface area contributed by atoms with Gasteiger partial charge in [-0.3, -0.25) is 13.9 Å². The van der Waals surface area contributed by atoms with Crippen LogP contribution in [0.1, 0.15) is 21.6 Å². The first kappa shape index (κ1) is 14.8. The number of nitrogens with zero attached hydrogens (tertiary/aromatic N) is 2. The molecule has 0 saturated carbocycles. The molecule has 2 aromatic rings. The molecule has 21 heavy (non-hydrogen) atoms. The van der Waals surface area contributed by atoms with Gasteiger partial charge in [-0.1, -0.05) is 18.2 Å². The van der Waals surface area contributed by atoms with Crippen LogP contribution in [0.25, 0.3) is 0 Å². The standard InChI is InChI=1S/C15H16N2O4/c1-10-6-4-5-7-12(10)14(19)21-9-11-8-13(18)17(3)15(20)16(11)2/h4-8H,9H2,1-3H3. The van der Waals surface area contributed by atoms with Crippen LogP contribution < -0.4 is 11.2 Å². The number of carbonyl (C=O) groups excluding carboxylic acids is 1. The normalized spacial score (nSPS) is 10.4. The van der Waals surface area contributed by atoms with E-state index in [1.165, 1.54) is 24.7 Å². The van der Waals surface area contributed by atoms with Crippen molar-refractivity contribution < 1.29 is 9.53 Å². The van der Waals surface area contributed by atoms with Crippen molar-refractivity contribution in [1.82, 2.24) is 9.13 Å². The molecule has 0 fully saturated rings. The maximum absolute atomic E-state index is 12.0. The lowest BCUT2D eigenvalue weighted by molar-refractivity contribution is 0.0462. The van der Waals surface area contributed by atoms with Gasteiger partial charge in [-0.25, -0.2) is 9.59 Å². The van der Waals surface area contributed by atoms with Crippen LogP contribution in [0.3, 0.4) is 0 Å². The molecule has 1 aromatic heterocycles. The molecule has 6 nitrogen and oxygen atoms in total. The van der Waals surface area contributed by atoms with Crippen molar-refractivity contribution in [2.24, 2.45) is 14.1 Å². The molecule has 1 aromatic carbocycles. The average molecular weight is 288 g/mol. The van der Waals surface area contributed by atoms with E-state index in [1.54, 1.807) is 12.1 Å². The van der Waals surface area contributed by atoms with Gasteiger partial charge in [0.25, 0.3) is 5.56 Å². The highest BCUT2D eigenvalue weighted by molar-refractivity contribution is 5.90. The summed E-state index contributed by atoms with van der Waals surface area (Å²) < 4.78 is 7.46. The highest BCUT2D eigenvalue weighted by Gasteiger charge is 2.12. The van der Waals surface area contributed by atoms with Crippen molar-refractivity contribution in [2.75, 3.05) is 0 Å². The summed E-state index contributed by atoms with van der Waals surface area (Å²) >= 11 is 0. The Morgan fingerprint density at radius 2 is 1.81 bits per heavy atom. The third-order valence-corrected chi connectivity index (χ3v) is 3.34. The second-order valence-corrected chi connectivity index (χ2v) is 4.77. The fourth-order valence-corrected chi connectivity index (χ4v) is 1.94. The molecule has 0 atom stereocenters. The van der Waals surface area contributed by atoms with Crippen molar-refractivity contribution in [1.29, 1.82) is 0 Å². The van der Waals surface area contributed by atoms with Crippen molar-refractivity contribution in [3.63, 3.8) is 0 Å². The summed E-state index contributed by atoms with van der Waals surface area (Å²) in [5.41, 5.74) is 0.737. The second kappa shape index (κ2) is 5.78. The third kappa shape index (κ3) is 2.94. The molecule has 0 unspecified atom stereocenters. The van der Waals surface area contributed by atoms with Gasteiger partial charge in [-0.15, -0.1) is 0 Å². The van der Waals surface area contributed by atoms with Crippen LogP contribution in [0.2, 0.25) is 0 Å². The summed E-state index contributed by atoms with van der Waals surface area (Å²) in [6.07, 6.45) is 0. The molecule has 0 amide bonds. The number of aryl methyl sites for hydroxylation is 1. The van der Waals surface area contributed by atoms with Gasteiger partial charge in [0.1, 0.15) is 6.61 Å². The van der Waals surface area contributed by atoms with Crippen molar-refractivity contribution >= 4 is 5.97 Å². The van der Waals surface area contributed by atoms with E-state index in [1.807, 2.05) is 19.1 Å². The lowest BCUT2D eigenvalue weighted by Crippen LogP contribution is -2.38. The van der Waals surface area contributed by atoms with E-state index in [-0.39, 0.29) is 6.61 Å². The Morgan fingerprint density at radius 1 is 1.14 bits per heavy atom. The molecular weight excluding hydrogens is 272 g/mol. The van der Waals surface area contributed by atoms with E-state index in [0.717, 1.165) is 10.1 Å². The van der Waals surface area contributed by atoms with Gasteiger partial charge in [0, 0.05) is 20.2 Å². The number of carbonyl (C=O) groups is 1. The molecule has 6 heteroatoms. The van der Waals surface area contributed by atoms with Crippen LogP contribution in [-0.2, 0) is 25.4 Å². The van der Waals surface area contributed by atoms with E-state index in [9.17, 15) is 14.4 Å². The Morgan fingerprint density at radius 3 is 2.48 bits per heavy atom. The van der Waals surface area contributed by atoms with Crippen LogP contribution in [0.5, 0.6) is 0 Å². The van der Waals surface area contributed by atoms with E-state index in [2.05, 4.69) is 0 Å². The number of benzene rings is 1. The predicted molar refractivity (Wildman–Crippen MR) is 77.2 cm³/mol. The fourth-order valence-electron chi connectivity index (χ4n) is 1.94. The van der Waals surface area contributed by atoms with Crippen molar-refractivity contribution in [3.8, 4) is 0 Å². The molecule has 0 aliphatic rings. The molecule has 0 N–H and O–H groups in total. The zero-order valence-corrected chi connectivity index (χ0v) is 12.1. The first-order valence-electron chi connectivity index (χ1n) is 6.40. The van der Waals surface area contributed by atoms with Gasteiger partial charge in [0.2, 0.25) is 0 Å². The number of aromatic nitrogens is 2. The predicted octanol–water partition coefficient (Wildman–Crippen LogP) is 0.749. The molecular formula is C15H16N2O4. The fraction of sp³-hybridized carbons (Fsp3) is 0.267. The van der Waals surface area contributed by atoms with E-state index >= 15 is 0 Å². The number of esters is 1. The van der Waals surface area contributed by atoms with E-state index < -0.39 is 17.2 Å². The monoisotopic (exact) mass is 288 g/mol. The number of ether oxygens (including phenoxy) is 1. The summed E-state index contributed by atoms with van der Waals surface area (Å²) in [5.74, 6) is -0.485. The van der Waals surface area contributed by atoms with Gasteiger partial charge in [-0.05, 0) is 18.6 Å². The Bertz CT molecular complexity index is 802. The van der Waals surface area contributed by atoms with Gasteiger partial charge >= 0.3 is 11.7 Å². The van der Waals surface area contributed by atoms with Crippen molar-refractivity contribution in [2.45, 2.75) is 13.5 Å². The van der Waals surface area contributed by atoms with Gasteiger partial charge in [0.05, 0.1) is 11.3 Å². The molecule has 2 rings (SSSR count). The minimum absolute atomic E-state index is 0.130. The van der Waals surface area contributed by atoms with E-state index in [4.69, 9.17) is 4.74 Å². The Kier molecular flexibility index (Phi) is 4.07. The summed E-state index contributed by atoms with van der Waals surface area (Å²) in [4.78, 5) is 35.3. The Balaban J connectivity index is 2.22. The zero-order valence-electron chi connectivity index (χ0n) is 12.1. The van der Waals surface area contributed by atoms with Crippen LogP contribution in [0, 0.1) is 6.92 Å². The molecule has 0 spiro atoms. The lowest BCUT2D eigenvalue weighted by atomic mass is 10.1. The van der Waals surface area contributed by atoms with Crippen molar-refractivity contribution in [3.05, 3.63) is 68.0 Å². The Hall–Kier alpha value is -2.63. The summed E-state index contributed by atoms with van der Waals surface area (Å²) in [6.45, 7) is 1.68. The van der Waals surface area contributed by atoms with Gasteiger partial charge in [0.15, 0.2) is 0 Å². The average Bonchev–Trinajstić information content (AvgIpc) is 2.47. The highest BCUT2D eigenvalue weighted by atomic mass is 16.5. The summed E-state index contributed by atoms with van der Waals surface area (Å²) in [7, 11) is 2.92. The van der Waals surface area contributed by atoms with Gasteiger partial charge < -0.3 is 4.74 Å². The SMILES string of the molecule is Cc1ccccc1C(=O)OCc1cc(=O)n(C)c(=O)n1C. The maximum Gasteiger partial charge on any atom is 0.338 e. The smallest absolute Gasteiger partial charge is 0.338 e. The zero-order chi connectivity index (χ0) is 15.6. The molecule has 0 aliphatic heterocycles. The summed E-state index contributed by atoms with van der Waals surface area (Å²) in [5, 5.41) is 0. The highest BCUT2D eigenvalue weighted by Crippen LogP contribution is 2.09.